The summed E-state index contributed by atoms with van der Waals surface area (Å²) in [7, 11) is 1.55. The normalized spacial score (nSPS) is 11.3. The smallest absolute Gasteiger partial charge is 0.354 e. The highest BCUT2D eigenvalue weighted by Gasteiger charge is 2.18. The number of carboxylic acid groups (broad SMARTS) is 1. The number of fused-ring (bicyclic) bond motifs is 3. The van der Waals surface area contributed by atoms with Crippen molar-refractivity contribution in [3.8, 4) is 0 Å². The molecule has 4 rings (SSSR count). The summed E-state index contributed by atoms with van der Waals surface area (Å²) in [4.78, 5) is 23.4. The number of pyridine rings is 2. The largest absolute Gasteiger partial charge is 0.477 e. The van der Waals surface area contributed by atoms with Gasteiger partial charge in [0.15, 0.2) is 5.69 Å². The lowest BCUT2D eigenvalue weighted by Crippen LogP contribution is -2.07. The average Bonchev–Trinajstić information content (AvgIpc) is 3.05. The topological polar surface area (TPSA) is 88.1 Å². The van der Waals surface area contributed by atoms with Crippen molar-refractivity contribution in [2.75, 3.05) is 7.11 Å². The SMILES string of the molecule is COCc1c(C(=O)O)ncc2[nH]c3ccc(CCc4ccccn4)cc3c12. The van der Waals surface area contributed by atoms with E-state index < -0.39 is 5.97 Å². The fourth-order valence-corrected chi connectivity index (χ4v) is 3.45. The van der Waals surface area contributed by atoms with Crippen LogP contribution < -0.4 is 0 Å². The van der Waals surface area contributed by atoms with Gasteiger partial charge in [-0.1, -0.05) is 12.1 Å². The fourth-order valence-electron chi connectivity index (χ4n) is 3.45. The van der Waals surface area contributed by atoms with Crippen molar-refractivity contribution >= 4 is 27.8 Å². The molecule has 0 unspecified atom stereocenters. The van der Waals surface area contributed by atoms with E-state index in [2.05, 4.69) is 27.1 Å². The summed E-state index contributed by atoms with van der Waals surface area (Å²) in [6.45, 7) is 0.192. The highest BCUT2D eigenvalue weighted by molar-refractivity contribution is 6.11. The van der Waals surface area contributed by atoms with Gasteiger partial charge in [-0.15, -0.1) is 0 Å². The minimum Gasteiger partial charge on any atom is -0.477 e. The second-order valence-corrected chi connectivity index (χ2v) is 6.44. The van der Waals surface area contributed by atoms with Gasteiger partial charge in [0.05, 0.1) is 18.3 Å². The minimum atomic E-state index is -1.05. The number of ether oxygens (including phenoxy) is 1. The molecule has 0 radical (unpaired) electrons. The Balaban J connectivity index is 1.80. The van der Waals surface area contributed by atoms with Gasteiger partial charge in [-0.25, -0.2) is 9.78 Å². The Morgan fingerprint density at radius 1 is 1.15 bits per heavy atom. The first-order chi connectivity index (χ1) is 13.2. The zero-order chi connectivity index (χ0) is 18.8. The number of carboxylic acids is 1. The Hall–Kier alpha value is -3.25. The molecule has 0 aliphatic carbocycles. The second kappa shape index (κ2) is 7.17. The van der Waals surface area contributed by atoms with Crippen LogP contribution in [0.5, 0.6) is 0 Å². The summed E-state index contributed by atoms with van der Waals surface area (Å²) in [5.41, 5.74) is 4.61. The number of aromatic carboxylic acids is 1. The predicted octanol–water partition coefficient (Wildman–Crippen LogP) is 3.74. The fraction of sp³-hybridized carbons (Fsp3) is 0.190. The number of nitrogens with one attached hydrogen (secondary N) is 1. The van der Waals surface area contributed by atoms with Crippen LogP contribution in [0, 0.1) is 0 Å². The quantitative estimate of drug-likeness (QED) is 0.546. The molecule has 0 spiro atoms. The summed E-state index contributed by atoms with van der Waals surface area (Å²) in [6, 6.07) is 12.1. The molecular weight excluding hydrogens is 342 g/mol. The van der Waals surface area contributed by atoms with Crippen molar-refractivity contribution in [2.24, 2.45) is 0 Å². The number of aryl methyl sites for hydroxylation is 2. The molecule has 0 saturated carbocycles. The maximum atomic E-state index is 11.6. The average molecular weight is 361 g/mol. The first-order valence-corrected chi connectivity index (χ1v) is 8.71. The zero-order valence-corrected chi connectivity index (χ0v) is 14.9. The second-order valence-electron chi connectivity index (χ2n) is 6.44. The molecule has 0 bridgehead atoms. The highest BCUT2D eigenvalue weighted by atomic mass is 16.5. The molecule has 0 saturated heterocycles. The summed E-state index contributed by atoms with van der Waals surface area (Å²) < 4.78 is 5.26. The minimum absolute atomic E-state index is 0.0316. The Morgan fingerprint density at radius 2 is 2.04 bits per heavy atom. The number of aromatic nitrogens is 3. The van der Waals surface area contributed by atoms with Gasteiger partial charge in [-0.3, -0.25) is 4.98 Å². The van der Waals surface area contributed by atoms with Crippen LogP contribution in [0.15, 0.2) is 48.8 Å². The summed E-state index contributed by atoms with van der Waals surface area (Å²) >= 11 is 0. The van der Waals surface area contributed by atoms with Gasteiger partial charge in [0.1, 0.15) is 0 Å². The van der Waals surface area contributed by atoms with Gasteiger partial charge < -0.3 is 14.8 Å². The van der Waals surface area contributed by atoms with Crippen LogP contribution in [0.4, 0.5) is 0 Å². The van der Waals surface area contributed by atoms with Gasteiger partial charge in [0.25, 0.3) is 0 Å². The van der Waals surface area contributed by atoms with Crippen LogP contribution in [0.3, 0.4) is 0 Å². The molecule has 136 valence electrons. The Kier molecular flexibility index (Phi) is 4.56. The Labute approximate surface area is 155 Å². The molecule has 1 aromatic carbocycles. The van der Waals surface area contributed by atoms with E-state index in [0.29, 0.717) is 5.56 Å². The summed E-state index contributed by atoms with van der Waals surface area (Å²) in [6.07, 6.45) is 5.08. The number of aromatic amines is 1. The lowest BCUT2D eigenvalue weighted by molar-refractivity contribution is 0.0685. The monoisotopic (exact) mass is 361 g/mol. The van der Waals surface area contributed by atoms with Crippen molar-refractivity contribution in [3.05, 3.63) is 71.3 Å². The molecule has 6 nitrogen and oxygen atoms in total. The van der Waals surface area contributed by atoms with E-state index in [9.17, 15) is 9.90 Å². The van der Waals surface area contributed by atoms with E-state index in [1.807, 2.05) is 24.3 Å². The van der Waals surface area contributed by atoms with Gasteiger partial charge in [0, 0.05) is 40.9 Å². The Bertz CT molecular complexity index is 1120. The van der Waals surface area contributed by atoms with Gasteiger partial charge in [0.2, 0.25) is 0 Å². The zero-order valence-electron chi connectivity index (χ0n) is 14.9. The van der Waals surface area contributed by atoms with Gasteiger partial charge in [-0.2, -0.15) is 0 Å². The van der Waals surface area contributed by atoms with Crippen molar-refractivity contribution in [2.45, 2.75) is 19.4 Å². The number of H-pyrrole nitrogens is 1. The predicted molar refractivity (Wildman–Crippen MR) is 103 cm³/mol. The number of hydrogen-bond donors (Lipinski definition) is 2. The van der Waals surface area contributed by atoms with Crippen molar-refractivity contribution in [1.29, 1.82) is 0 Å². The van der Waals surface area contributed by atoms with Crippen LogP contribution in [0.25, 0.3) is 21.8 Å². The van der Waals surface area contributed by atoms with E-state index in [1.165, 1.54) is 5.56 Å². The standard InChI is InChI=1S/C21H19N3O3/c1-27-12-16-19-15-10-13(5-7-14-4-2-3-9-22-14)6-8-17(15)24-18(19)11-23-20(16)21(25)26/h2-4,6,8-11,24H,5,7,12H2,1H3,(H,25,26). The third-order valence-electron chi connectivity index (χ3n) is 4.69. The maximum absolute atomic E-state index is 11.6. The third kappa shape index (κ3) is 3.27. The molecule has 3 aromatic heterocycles. The lowest BCUT2D eigenvalue weighted by atomic mass is 10.0. The molecule has 0 aliphatic rings. The number of methoxy groups -OCH3 is 1. The van der Waals surface area contributed by atoms with Crippen LogP contribution in [-0.4, -0.2) is 33.1 Å². The van der Waals surface area contributed by atoms with E-state index >= 15 is 0 Å². The van der Waals surface area contributed by atoms with E-state index in [1.54, 1.807) is 19.5 Å². The van der Waals surface area contributed by atoms with Gasteiger partial charge >= 0.3 is 5.97 Å². The molecule has 0 amide bonds. The third-order valence-corrected chi connectivity index (χ3v) is 4.69. The highest BCUT2D eigenvalue weighted by Crippen LogP contribution is 2.31. The molecule has 27 heavy (non-hydrogen) atoms. The molecule has 2 N–H and O–H groups in total. The van der Waals surface area contributed by atoms with Crippen LogP contribution in [0.2, 0.25) is 0 Å². The molecule has 6 heteroatoms. The van der Waals surface area contributed by atoms with Crippen LogP contribution >= 0.6 is 0 Å². The van der Waals surface area contributed by atoms with Crippen molar-refractivity contribution in [1.82, 2.24) is 15.0 Å². The number of nitrogens with zero attached hydrogens (tertiary/aromatic N) is 2. The van der Waals surface area contributed by atoms with Crippen molar-refractivity contribution < 1.29 is 14.6 Å². The number of hydrogen-bond acceptors (Lipinski definition) is 4. The van der Waals surface area contributed by atoms with Crippen LogP contribution in [-0.2, 0) is 24.2 Å². The summed E-state index contributed by atoms with van der Waals surface area (Å²) in [5.74, 6) is -1.05. The molecule has 0 fully saturated rings. The van der Waals surface area contributed by atoms with Crippen molar-refractivity contribution in [3.63, 3.8) is 0 Å². The molecule has 4 aromatic rings. The van der Waals surface area contributed by atoms with E-state index in [-0.39, 0.29) is 12.3 Å². The lowest BCUT2D eigenvalue weighted by Gasteiger charge is -2.07. The molecule has 0 atom stereocenters. The van der Waals surface area contributed by atoms with E-state index in [0.717, 1.165) is 40.3 Å². The maximum Gasteiger partial charge on any atom is 0.354 e. The summed E-state index contributed by atoms with van der Waals surface area (Å²) in [5, 5.41) is 11.3. The number of rotatable bonds is 6. The van der Waals surface area contributed by atoms with Crippen LogP contribution in [0.1, 0.15) is 27.3 Å². The van der Waals surface area contributed by atoms with E-state index in [4.69, 9.17) is 4.74 Å². The Morgan fingerprint density at radius 3 is 2.78 bits per heavy atom. The first kappa shape index (κ1) is 17.2. The number of carbonyl (C=O) groups is 1. The number of benzene rings is 1. The molecule has 0 aliphatic heterocycles. The molecular formula is C21H19N3O3. The molecule has 3 heterocycles. The van der Waals surface area contributed by atoms with Gasteiger partial charge in [-0.05, 0) is 42.7 Å². The first-order valence-electron chi connectivity index (χ1n) is 8.71.